The molecule has 1 nitrogen and oxygen atoms in total. The standard InChI is InChI=1S/C13H17ClO/c1-12(2,3)10-5-7-11(8-6-10)13(4,14)9-15/h5-9H,1-4H3. The highest BCUT2D eigenvalue weighted by atomic mass is 35.5. The van der Waals surface area contributed by atoms with E-state index in [4.69, 9.17) is 11.6 Å². The van der Waals surface area contributed by atoms with Gasteiger partial charge in [-0.15, -0.1) is 11.6 Å². The number of hydrogen-bond donors (Lipinski definition) is 0. The number of carbonyl (C=O) groups excluding carboxylic acids is 1. The van der Waals surface area contributed by atoms with E-state index in [0.717, 1.165) is 11.8 Å². The van der Waals surface area contributed by atoms with E-state index in [-0.39, 0.29) is 5.41 Å². The zero-order chi connectivity index (χ0) is 11.7. The first-order valence-corrected chi connectivity index (χ1v) is 5.41. The summed E-state index contributed by atoms with van der Waals surface area (Å²) in [6.07, 6.45) is 0.765. The van der Waals surface area contributed by atoms with Gasteiger partial charge >= 0.3 is 0 Å². The van der Waals surface area contributed by atoms with Crippen molar-refractivity contribution in [3.8, 4) is 0 Å². The van der Waals surface area contributed by atoms with Gasteiger partial charge in [0.2, 0.25) is 0 Å². The highest BCUT2D eigenvalue weighted by molar-refractivity contribution is 6.31. The summed E-state index contributed by atoms with van der Waals surface area (Å²) >= 11 is 6.04. The first-order valence-electron chi connectivity index (χ1n) is 5.03. The third-order valence-electron chi connectivity index (χ3n) is 2.54. The first kappa shape index (κ1) is 12.3. The molecule has 1 unspecified atom stereocenters. The normalized spacial score (nSPS) is 15.8. The Balaban J connectivity index is 3.06. The van der Waals surface area contributed by atoms with Crippen LogP contribution in [0.2, 0.25) is 0 Å². The fraction of sp³-hybridized carbons (Fsp3) is 0.462. The van der Waals surface area contributed by atoms with Gasteiger partial charge in [-0.25, -0.2) is 0 Å². The third-order valence-corrected chi connectivity index (χ3v) is 2.84. The Hall–Kier alpha value is -0.820. The van der Waals surface area contributed by atoms with E-state index in [1.165, 1.54) is 5.56 Å². The minimum Gasteiger partial charge on any atom is -0.301 e. The molecule has 15 heavy (non-hydrogen) atoms. The number of halogens is 1. The second-order valence-corrected chi connectivity index (χ2v) is 5.81. The van der Waals surface area contributed by atoms with Gasteiger partial charge in [0.25, 0.3) is 0 Å². The molecule has 1 rings (SSSR count). The summed E-state index contributed by atoms with van der Waals surface area (Å²) in [5, 5.41) is 0. The van der Waals surface area contributed by atoms with Crippen molar-refractivity contribution in [1.29, 1.82) is 0 Å². The van der Waals surface area contributed by atoms with Crippen LogP contribution in [0.4, 0.5) is 0 Å². The van der Waals surface area contributed by atoms with Crippen molar-refractivity contribution in [2.45, 2.75) is 38.0 Å². The zero-order valence-corrected chi connectivity index (χ0v) is 10.4. The fourth-order valence-electron chi connectivity index (χ4n) is 1.36. The molecule has 0 aromatic heterocycles. The maximum Gasteiger partial charge on any atom is 0.145 e. The van der Waals surface area contributed by atoms with Crippen molar-refractivity contribution in [2.24, 2.45) is 0 Å². The quantitative estimate of drug-likeness (QED) is 0.554. The molecule has 1 aromatic carbocycles. The molecular weight excluding hydrogens is 208 g/mol. The molecular formula is C13H17ClO. The molecule has 0 saturated carbocycles. The SMILES string of the molecule is CC(C)(C)c1ccc(C(C)(Cl)C=O)cc1. The summed E-state index contributed by atoms with van der Waals surface area (Å²) in [5.74, 6) is 0. The molecule has 0 amide bonds. The molecule has 0 N–H and O–H groups in total. The van der Waals surface area contributed by atoms with Gasteiger partial charge in [-0.05, 0) is 23.5 Å². The Bertz CT molecular complexity index is 344. The lowest BCUT2D eigenvalue weighted by Gasteiger charge is -2.21. The molecule has 0 aliphatic heterocycles. The molecule has 0 fully saturated rings. The molecule has 1 aromatic rings. The van der Waals surface area contributed by atoms with E-state index in [2.05, 4.69) is 20.8 Å². The predicted molar refractivity (Wildman–Crippen MR) is 64.4 cm³/mol. The van der Waals surface area contributed by atoms with E-state index in [0.29, 0.717) is 0 Å². The summed E-state index contributed by atoms with van der Waals surface area (Å²) in [6, 6.07) is 7.89. The van der Waals surface area contributed by atoms with Gasteiger partial charge in [-0.3, -0.25) is 0 Å². The molecule has 0 spiro atoms. The van der Waals surface area contributed by atoms with Crippen LogP contribution in [-0.2, 0) is 15.1 Å². The van der Waals surface area contributed by atoms with Crippen molar-refractivity contribution >= 4 is 17.9 Å². The Morgan fingerprint density at radius 3 is 1.73 bits per heavy atom. The average Bonchev–Trinajstić information content (AvgIpc) is 2.17. The maximum absolute atomic E-state index is 10.8. The largest absolute Gasteiger partial charge is 0.301 e. The molecule has 0 aliphatic carbocycles. The van der Waals surface area contributed by atoms with Crippen molar-refractivity contribution in [2.75, 3.05) is 0 Å². The Morgan fingerprint density at radius 2 is 1.40 bits per heavy atom. The molecule has 0 saturated heterocycles. The summed E-state index contributed by atoms with van der Waals surface area (Å²) in [5.41, 5.74) is 2.21. The predicted octanol–water partition coefficient (Wildman–Crippen LogP) is 3.64. The molecule has 0 aliphatic rings. The smallest absolute Gasteiger partial charge is 0.145 e. The highest BCUT2D eigenvalue weighted by Crippen LogP contribution is 2.29. The third kappa shape index (κ3) is 2.82. The summed E-state index contributed by atoms with van der Waals surface area (Å²) in [6.45, 7) is 8.17. The van der Waals surface area contributed by atoms with Crippen molar-refractivity contribution in [3.05, 3.63) is 35.4 Å². The van der Waals surface area contributed by atoms with Crippen LogP contribution >= 0.6 is 11.6 Å². The summed E-state index contributed by atoms with van der Waals surface area (Å²) in [7, 11) is 0. The number of alkyl halides is 1. The number of aldehydes is 1. The molecule has 0 heterocycles. The molecule has 0 bridgehead atoms. The number of carbonyl (C=O) groups is 1. The van der Waals surface area contributed by atoms with Gasteiger partial charge in [-0.1, -0.05) is 45.0 Å². The van der Waals surface area contributed by atoms with Crippen molar-refractivity contribution in [1.82, 2.24) is 0 Å². The van der Waals surface area contributed by atoms with Crippen LogP contribution in [0.25, 0.3) is 0 Å². The van der Waals surface area contributed by atoms with Gasteiger partial charge in [-0.2, -0.15) is 0 Å². The topological polar surface area (TPSA) is 17.1 Å². The van der Waals surface area contributed by atoms with Gasteiger partial charge in [0, 0.05) is 0 Å². The lowest BCUT2D eigenvalue weighted by Crippen LogP contribution is -2.16. The second-order valence-electron chi connectivity index (χ2n) is 5.02. The van der Waals surface area contributed by atoms with E-state index in [1.807, 2.05) is 24.3 Å². The van der Waals surface area contributed by atoms with Crippen LogP contribution in [0.3, 0.4) is 0 Å². The molecule has 1 atom stereocenters. The number of hydrogen-bond acceptors (Lipinski definition) is 1. The van der Waals surface area contributed by atoms with Crippen molar-refractivity contribution < 1.29 is 4.79 Å². The van der Waals surface area contributed by atoms with E-state index in [1.54, 1.807) is 6.92 Å². The van der Waals surface area contributed by atoms with E-state index < -0.39 is 4.87 Å². The van der Waals surface area contributed by atoms with Gasteiger partial charge in [0.15, 0.2) is 0 Å². The molecule has 0 radical (unpaired) electrons. The van der Waals surface area contributed by atoms with Crippen LogP contribution in [0.15, 0.2) is 24.3 Å². The maximum atomic E-state index is 10.8. The summed E-state index contributed by atoms with van der Waals surface area (Å²) < 4.78 is 0. The van der Waals surface area contributed by atoms with Gasteiger partial charge in [0.1, 0.15) is 11.2 Å². The lowest BCUT2D eigenvalue weighted by molar-refractivity contribution is -0.109. The van der Waals surface area contributed by atoms with Crippen LogP contribution in [0.5, 0.6) is 0 Å². The first-order chi connectivity index (χ1) is 6.77. The van der Waals surface area contributed by atoms with Crippen LogP contribution in [0, 0.1) is 0 Å². The van der Waals surface area contributed by atoms with E-state index in [9.17, 15) is 4.79 Å². The highest BCUT2D eigenvalue weighted by Gasteiger charge is 2.23. The minimum atomic E-state index is -0.906. The Labute approximate surface area is 96.5 Å². The van der Waals surface area contributed by atoms with Crippen LogP contribution in [-0.4, -0.2) is 6.29 Å². The van der Waals surface area contributed by atoms with Crippen LogP contribution in [0.1, 0.15) is 38.8 Å². The second kappa shape index (κ2) is 3.97. The fourth-order valence-corrected chi connectivity index (χ4v) is 1.49. The van der Waals surface area contributed by atoms with Crippen molar-refractivity contribution in [3.63, 3.8) is 0 Å². The Morgan fingerprint density at radius 1 is 1.00 bits per heavy atom. The summed E-state index contributed by atoms with van der Waals surface area (Å²) in [4.78, 5) is 9.87. The Kier molecular flexibility index (Phi) is 3.25. The molecule has 2 heteroatoms. The minimum absolute atomic E-state index is 0.127. The number of benzene rings is 1. The van der Waals surface area contributed by atoms with Crippen LogP contribution < -0.4 is 0 Å². The van der Waals surface area contributed by atoms with Gasteiger partial charge in [0.05, 0.1) is 0 Å². The zero-order valence-electron chi connectivity index (χ0n) is 9.67. The number of rotatable bonds is 2. The average molecular weight is 225 g/mol. The van der Waals surface area contributed by atoms with Gasteiger partial charge < -0.3 is 4.79 Å². The monoisotopic (exact) mass is 224 g/mol. The molecule has 82 valence electrons. The van der Waals surface area contributed by atoms with E-state index >= 15 is 0 Å². The lowest BCUT2D eigenvalue weighted by atomic mass is 9.86.